The Labute approximate surface area is 129 Å². The van der Waals surface area contributed by atoms with Crippen LogP contribution in [-0.4, -0.2) is 34.8 Å². The van der Waals surface area contributed by atoms with Gasteiger partial charge in [0.2, 0.25) is 0 Å². The molecular formula is C15H15F4NO3. The van der Waals surface area contributed by atoms with E-state index in [0.717, 1.165) is 12.1 Å². The van der Waals surface area contributed by atoms with Gasteiger partial charge < -0.3 is 14.7 Å². The summed E-state index contributed by atoms with van der Waals surface area (Å²) in [5.41, 5.74) is -1.02. The molecule has 1 heterocycles. The zero-order chi connectivity index (χ0) is 16.8. The van der Waals surface area contributed by atoms with E-state index in [1.54, 1.807) is 0 Å². The molecule has 1 aromatic carbocycles. The summed E-state index contributed by atoms with van der Waals surface area (Å²) in [7, 11) is 0. The van der Waals surface area contributed by atoms with E-state index < -0.39 is 23.7 Å². The monoisotopic (exact) mass is 333 g/mol. The van der Waals surface area contributed by atoms with Gasteiger partial charge in [-0.3, -0.25) is 0 Å². The van der Waals surface area contributed by atoms with Crippen LogP contribution in [0, 0.1) is 11.7 Å². The predicted octanol–water partition coefficient (Wildman–Crippen LogP) is 3.50. The fourth-order valence-corrected chi connectivity index (χ4v) is 3.40. The summed E-state index contributed by atoms with van der Waals surface area (Å²) in [4.78, 5) is 12.4. The molecule has 3 atom stereocenters. The second-order valence-corrected chi connectivity index (χ2v) is 5.99. The number of nitrogens with zero attached hydrogens (tertiary/aromatic N) is 1. The smallest absolute Gasteiger partial charge is 0.416 e. The maximum atomic E-state index is 13.8. The van der Waals surface area contributed by atoms with Crippen molar-refractivity contribution in [1.29, 1.82) is 0 Å². The van der Waals surface area contributed by atoms with Crippen LogP contribution < -0.4 is 0 Å². The van der Waals surface area contributed by atoms with E-state index in [1.165, 1.54) is 4.90 Å². The lowest BCUT2D eigenvalue weighted by Crippen LogP contribution is -2.45. The van der Waals surface area contributed by atoms with Crippen LogP contribution in [0.3, 0.4) is 0 Å². The molecule has 0 aromatic heterocycles. The lowest BCUT2D eigenvalue weighted by atomic mass is 10.1. The van der Waals surface area contributed by atoms with Crippen molar-refractivity contribution in [3.63, 3.8) is 0 Å². The average Bonchev–Trinajstić information content (AvgIpc) is 3.04. The fraction of sp³-hybridized carbons (Fsp3) is 0.533. The fourth-order valence-electron chi connectivity index (χ4n) is 3.40. The third-order valence-corrected chi connectivity index (χ3v) is 4.50. The number of carbonyl (C=O) groups is 1. The van der Waals surface area contributed by atoms with E-state index >= 15 is 0 Å². The van der Waals surface area contributed by atoms with E-state index in [2.05, 4.69) is 0 Å². The molecule has 23 heavy (non-hydrogen) atoms. The number of rotatable bonds is 3. The van der Waals surface area contributed by atoms with Gasteiger partial charge in [0.05, 0.1) is 24.3 Å². The van der Waals surface area contributed by atoms with Gasteiger partial charge in [0.15, 0.2) is 0 Å². The maximum Gasteiger partial charge on any atom is 0.416 e. The first-order valence-electron chi connectivity index (χ1n) is 7.22. The molecule has 1 saturated carbocycles. The Balaban J connectivity index is 1.64. The summed E-state index contributed by atoms with van der Waals surface area (Å²) < 4.78 is 56.8. The molecule has 4 nitrogen and oxygen atoms in total. The maximum absolute atomic E-state index is 13.8. The van der Waals surface area contributed by atoms with Crippen molar-refractivity contribution in [1.82, 2.24) is 4.90 Å². The van der Waals surface area contributed by atoms with Crippen LogP contribution in [0.25, 0.3) is 0 Å². The number of hydrogen-bond donors (Lipinski definition) is 1. The Bertz CT molecular complexity index is 619. The molecule has 1 N–H and O–H groups in total. The SMILES string of the molecule is O=C(O)N1C[C@@H]2C[C@H](OCc3ccc(C(F)(F)F)cc3F)[C@H]1C2. The second-order valence-electron chi connectivity index (χ2n) is 5.99. The second kappa shape index (κ2) is 5.67. The predicted molar refractivity (Wildman–Crippen MR) is 71.2 cm³/mol. The molecule has 1 saturated heterocycles. The standard InChI is InChI=1S/C15H15F4NO3/c16-11-5-10(15(17,18)19)2-1-9(11)7-23-13-4-8-3-12(13)20(6-8)14(21)22/h1-2,5,8,12-13H,3-4,6-7H2,(H,21,22)/t8-,12+,13-/m0/s1. The molecule has 3 rings (SSSR count). The van der Waals surface area contributed by atoms with Gasteiger partial charge in [-0.25, -0.2) is 9.18 Å². The van der Waals surface area contributed by atoms with Crippen LogP contribution in [0.5, 0.6) is 0 Å². The Morgan fingerprint density at radius 1 is 1.35 bits per heavy atom. The Kier molecular flexibility index (Phi) is 3.95. The lowest BCUT2D eigenvalue weighted by Gasteiger charge is -2.31. The molecule has 2 bridgehead atoms. The summed E-state index contributed by atoms with van der Waals surface area (Å²) in [5, 5.41) is 9.09. The molecule has 8 heteroatoms. The van der Waals surface area contributed by atoms with E-state index in [9.17, 15) is 22.4 Å². The topological polar surface area (TPSA) is 49.8 Å². The van der Waals surface area contributed by atoms with Crippen LogP contribution in [0.1, 0.15) is 24.0 Å². The molecule has 1 aromatic rings. The van der Waals surface area contributed by atoms with Crippen LogP contribution in [0.4, 0.5) is 22.4 Å². The zero-order valence-electron chi connectivity index (χ0n) is 12.0. The normalized spacial score (nSPS) is 26.8. The van der Waals surface area contributed by atoms with Crippen molar-refractivity contribution in [2.24, 2.45) is 5.92 Å². The zero-order valence-corrected chi connectivity index (χ0v) is 12.0. The van der Waals surface area contributed by atoms with E-state index in [-0.39, 0.29) is 30.2 Å². The largest absolute Gasteiger partial charge is 0.465 e. The van der Waals surface area contributed by atoms with Crippen molar-refractivity contribution >= 4 is 6.09 Å². The molecule has 126 valence electrons. The van der Waals surface area contributed by atoms with E-state index in [1.807, 2.05) is 0 Å². The number of hydrogen-bond acceptors (Lipinski definition) is 2. The summed E-state index contributed by atoms with van der Waals surface area (Å²) in [6, 6.07) is 2.06. The van der Waals surface area contributed by atoms with Gasteiger partial charge in [0, 0.05) is 12.1 Å². The third-order valence-electron chi connectivity index (χ3n) is 4.50. The number of halogens is 4. The number of carboxylic acid groups (broad SMARTS) is 1. The van der Waals surface area contributed by atoms with E-state index in [0.29, 0.717) is 25.5 Å². The summed E-state index contributed by atoms with van der Waals surface area (Å²) in [6.07, 6.45) is -4.53. The van der Waals surface area contributed by atoms with Gasteiger partial charge >= 0.3 is 12.3 Å². The Morgan fingerprint density at radius 3 is 2.65 bits per heavy atom. The average molecular weight is 333 g/mol. The molecule has 0 radical (unpaired) electrons. The molecular weight excluding hydrogens is 318 g/mol. The van der Waals surface area contributed by atoms with Gasteiger partial charge in [0.25, 0.3) is 0 Å². The minimum atomic E-state index is -4.59. The first-order chi connectivity index (χ1) is 10.8. The first-order valence-corrected chi connectivity index (χ1v) is 7.22. The number of fused-ring (bicyclic) bond motifs is 2. The van der Waals surface area contributed by atoms with Crippen molar-refractivity contribution in [3.8, 4) is 0 Å². The highest BCUT2D eigenvalue weighted by Gasteiger charge is 2.47. The number of piperidine rings is 1. The van der Waals surface area contributed by atoms with Gasteiger partial charge in [-0.1, -0.05) is 6.07 Å². The minimum Gasteiger partial charge on any atom is -0.465 e. The summed E-state index contributed by atoms with van der Waals surface area (Å²) >= 11 is 0. The lowest BCUT2D eigenvalue weighted by molar-refractivity contribution is -0.137. The van der Waals surface area contributed by atoms with Gasteiger partial charge in [0.1, 0.15) is 5.82 Å². The molecule has 1 amide bonds. The van der Waals surface area contributed by atoms with Gasteiger partial charge in [-0.2, -0.15) is 13.2 Å². The van der Waals surface area contributed by atoms with Crippen molar-refractivity contribution in [3.05, 3.63) is 35.1 Å². The highest BCUT2D eigenvalue weighted by Crippen LogP contribution is 2.39. The van der Waals surface area contributed by atoms with Crippen LogP contribution in [0.2, 0.25) is 0 Å². The van der Waals surface area contributed by atoms with Crippen molar-refractivity contribution in [2.75, 3.05) is 6.54 Å². The molecule has 1 aliphatic carbocycles. The third kappa shape index (κ3) is 3.12. The van der Waals surface area contributed by atoms with Gasteiger partial charge in [-0.15, -0.1) is 0 Å². The summed E-state index contributed by atoms with van der Waals surface area (Å²) in [5.74, 6) is -0.739. The van der Waals surface area contributed by atoms with Crippen molar-refractivity contribution in [2.45, 2.75) is 37.8 Å². The quantitative estimate of drug-likeness (QED) is 0.862. The number of benzene rings is 1. The van der Waals surface area contributed by atoms with Crippen LogP contribution >= 0.6 is 0 Å². The highest BCUT2D eigenvalue weighted by atomic mass is 19.4. The minimum absolute atomic E-state index is 0.0302. The summed E-state index contributed by atoms with van der Waals surface area (Å²) in [6.45, 7) is 0.305. The number of alkyl halides is 3. The number of likely N-dealkylation sites (tertiary alicyclic amines) is 1. The molecule has 1 aliphatic heterocycles. The number of amides is 1. The molecule has 2 fully saturated rings. The first kappa shape index (κ1) is 16.0. The van der Waals surface area contributed by atoms with Gasteiger partial charge in [-0.05, 0) is 30.9 Å². The Hall–Kier alpha value is -1.83. The number of ether oxygens (including phenoxy) is 1. The van der Waals surface area contributed by atoms with Crippen LogP contribution in [-0.2, 0) is 17.5 Å². The molecule has 0 spiro atoms. The molecule has 2 aliphatic rings. The molecule has 0 unspecified atom stereocenters. The van der Waals surface area contributed by atoms with E-state index in [4.69, 9.17) is 9.84 Å². The highest BCUT2D eigenvalue weighted by molar-refractivity contribution is 5.66. The van der Waals surface area contributed by atoms with Crippen LogP contribution in [0.15, 0.2) is 18.2 Å². The van der Waals surface area contributed by atoms with Crippen molar-refractivity contribution < 1.29 is 32.2 Å². The Morgan fingerprint density at radius 2 is 2.09 bits per heavy atom.